The Labute approximate surface area is 157 Å². The van der Waals surface area contributed by atoms with E-state index in [1.54, 1.807) is 0 Å². The molecule has 0 radical (unpaired) electrons. The predicted molar refractivity (Wildman–Crippen MR) is 105 cm³/mol. The summed E-state index contributed by atoms with van der Waals surface area (Å²) < 4.78 is 5.35. The van der Waals surface area contributed by atoms with Crippen molar-refractivity contribution >= 4 is 29.9 Å². The number of halogens is 1. The van der Waals surface area contributed by atoms with E-state index in [0.29, 0.717) is 18.5 Å². The van der Waals surface area contributed by atoms with Gasteiger partial charge < -0.3 is 15.2 Å². The van der Waals surface area contributed by atoms with Gasteiger partial charge in [-0.1, -0.05) is 25.9 Å². The first kappa shape index (κ1) is 20.3. The highest BCUT2D eigenvalue weighted by molar-refractivity contribution is 14.0. The molecule has 1 aromatic rings. The first-order valence-electron chi connectivity index (χ1n) is 8.58. The van der Waals surface area contributed by atoms with Crippen LogP contribution >= 0.6 is 24.0 Å². The molecule has 0 unspecified atom stereocenters. The molecule has 0 spiro atoms. The van der Waals surface area contributed by atoms with Crippen LogP contribution in [0.2, 0.25) is 0 Å². The molecule has 0 bridgehead atoms. The van der Waals surface area contributed by atoms with Crippen LogP contribution in [0.4, 0.5) is 0 Å². The minimum atomic E-state index is 0. The molecule has 0 aliphatic heterocycles. The Kier molecular flexibility index (Phi) is 8.94. The summed E-state index contributed by atoms with van der Waals surface area (Å²) in [6.07, 6.45) is 5.06. The van der Waals surface area contributed by atoms with Crippen molar-refractivity contribution in [3.05, 3.63) is 17.5 Å². The minimum absolute atomic E-state index is 0. The van der Waals surface area contributed by atoms with Crippen LogP contribution in [0, 0.1) is 5.92 Å². The first-order valence-corrected chi connectivity index (χ1v) is 8.58. The molecule has 6 heteroatoms. The van der Waals surface area contributed by atoms with Gasteiger partial charge in [-0.3, -0.25) is 0 Å². The number of hydrogen-bond acceptors (Lipinski definition) is 3. The van der Waals surface area contributed by atoms with Gasteiger partial charge in [0, 0.05) is 18.7 Å². The maximum atomic E-state index is 5.35. The van der Waals surface area contributed by atoms with Gasteiger partial charge in [-0.05, 0) is 44.4 Å². The highest BCUT2D eigenvalue weighted by Gasteiger charge is 2.19. The number of nitrogens with one attached hydrogen (secondary N) is 2. The van der Waals surface area contributed by atoms with Gasteiger partial charge in [-0.2, -0.15) is 0 Å². The highest BCUT2D eigenvalue weighted by atomic mass is 127. The third-order valence-electron chi connectivity index (χ3n) is 4.26. The zero-order chi connectivity index (χ0) is 15.9. The summed E-state index contributed by atoms with van der Waals surface area (Å²) in [5.74, 6) is 2.95. The van der Waals surface area contributed by atoms with Crippen LogP contribution in [-0.4, -0.2) is 23.7 Å². The molecule has 1 aliphatic rings. The summed E-state index contributed by atoms with van der Waals surface area (Å²) in [5.41, 5.74) is 0.990. The van der Waals surface area contributed by atoms with Crippen molar-refractivity contribution < 1.29 is 4.52 Å². The fourth-order valence-corrected chi connectivity index (χ4v) is 2.75. The molecule has 2 N–H and O–H groups in total. The van der Waals surface area contributed by atoms with Crippen LogP contribution in [0.1, 0.15) is 70.8 Å². The van der Waals surface area contributed by atoms with Crippen LogP contribution in [-0.2, 0) is 6.54 Å². The van der Waals surface area contributed by atoms with E-state index in [0.717, 1.165) is 29.9 Å². The predicted octanol–water partition coefficient (Wildman–Crippen LogP) is 4.05. The van der Waals surface area contributed by atoms with Gasteiger partial charge in [0.25, 0.3) is 0 Å². The van der Waals surface area contributed by atoms with Gasteiger partial charge >= 0.3 is 0 Å². The van der Waals surface area contributed by atoms with Gasteiger partial charge in [-0.25, -0.2) is 4.99 Å². The standard InChI is InChI=1S/C17H30N4O.HI/c1-5-18-17(20-14-8-6-13(4)7-9-14)19-11-15-10-16(12(2)3)21-22-15;/h10,12-14H,5-9,11H2,1-4H3,(H2,18,19,20);1H. The van der Waals surface area contributed by atoms with Crippen molar-refractivity contribution in [3.63, 3.8) is 0 Å². The van der Waals surface area contributed by atoms with Gasteiger partial charge in [0.05, 0.1) is 5.69 Å². The third-order valence-corrected chi connectivity index (χ3v) is 4.26. The van der Waals surface area contributed by atoms with Crippen LogP contribution in [0.5, 0.6) is 0 Å². The van der Waals surface area contributed by atoms with Crippen molar-refractivity contribution in [2.45, 2.75) is 71.9 Å². The average Bonchev–Trinajstić information content (AvgIpc) is 2.96. The normalized spacial score (nSPS) is 21.9. The molecule has 23 heavy (non-hydrogen) atoms. The van der Waals surface area contributed by atoms with Gasteiger partial charge in [0.1, 0.15) is 6.54 Å². The molecule has 0 atom stereocenters. The van der Waals surface area contributed by atoms with Crippen molar-refractivity contribution in [3.8, 4) is 0 Å². The lowest BCUT2D eigenvalue weighted by Crippen LogP contribution is -2.44. The summed E-state index contributed by atoms with van der Waals surface area (Å²) >= 11 is 0. The second kappa shape index (κ2) is 10.2. The van der Waals surface area contributed by atoms with E-state index in [2.05, 4.69) is 48.5 Å². The van der Waals surface area contributed by atoms with Gasteiger partial charge in [0.15, 0.2) is 11.7 Å². The molecule has 1 fully saturated rings. The maximum absolute atomic E-state index is 5.35. The SMILES string of the molecule is CCNC(=NCc1cc(C(C)C)no1)NC1CCC(C)CC1.I. The topological polar surface area (TPSA) is 62.5 Å². The number of aromatic nitrogens is 1. The monoisotopic (exact) mass is 434 g/mol. The second-order valence-electron chi connectivity index (χ2n) is 6.67. The number of guanidine groups is 1. The van der Waals surface area contributed by atoms with E-state index in [4.69, 9.17) is 4.52 Å². The summed E-state index contributed by atoms with van der Waals surface area (Å²) in [6.45, 7) is 10.0. The number of rotatable bonds is 5. The Morgan fingerprint density at radius 1 is 1.35 bits per heavy atom. The quantitative estimate of drug-likeness (QED) is 0.417. The smallest absolute Gasteiger partial charge is 0.191 e. The summed E-state index contributed by atoms with van der Waals surface area (Å²) in [4.78, 5) is 4.63. The summed E-state index contributed by atoms with van der Waals surface area (Å²) in [6, 6.07) is 2.54. The Morgan fingerprint density at radius 3 is 2.61 bits per heavy atom. The Hall–Kier alpha value is -0.790. The van der Waals surface area contributed by atoms with Gasteiger partial charge in [-0.15, -0.1) is 24.0 Å². The molecule has 1 heterocycles. The summed E-state index contributed by atoms with van der Waals surface area (Å²) in [7, 11) is 0. The number of hydrogen-bond donors (Lipinski definition) is 2. The molecular weight excluding hydrogens is 403 g/mol. The van der Waals surface area contributed by atoms with Gasteiger partial charge in [0.2, 0.25) is 0 Å². The molecule has 1 saturated carbocycles. The fourth-order valence-electron chi connectivity index (χ4n) is 2.75. The number of nitrogens with zero attached hydrogens (tertiary/aromatic N) is 2. The lowest BCUT2D eigenvalue weighted by Gasteiger charge is -2.28. The van der Waals surface area contributed by atoms with Crippen LogP contribution in [0.15, 0.2) is 15.6 Å². The van der Waals surface area contributed by atoms with Crippen molar-refractivity contribution in [2.24, 2.45) is 10.9 Å². The molecular formula is C17H31IN4O. The number of aliphatic imine (C=N–C) groups is 1. The molecule has 0 amide bonds. The molecule has 1 aromatic heterocycles. The average molecular weight is 434 g/mol. The molecule has 132 valence electrons. The van der Waals surface area contributed by atoms with E-state index >= 15 is 0 Å². The lowest BCUT2D eigenvalue weighted by molar-refractivity contribution is 0.329. The Morgan fingerprint density at radius 2 is 2.04 bits per heavy atom. The third kappa shape index (κ3) is 6.69. The Balaban J connectivity index is 0.00000264. The van der Waals surface area contributed by atoms with Crippen LogP contribution in [0.25, 0.3) is 0 Å². The first-order chi connectivity index (χ1) is 10.6. The fraction of sp³-hybridized carbons (Fsp3) is 0.765. The largest absolute Gasteiger partial charge is 0.359 e. The zero-order valence-corrected chi connectivity index (χ0v) is 17.1. The molecule has 2 rings (SSSR count). The van der Waals surface area contributed by atoms with E-state index in [1.165, 1.54) is 25.7 Å². The molecule has 5 nitrogen and oxygen atoms in total. The lowest BCUT2D eigenvalue weighted by atomic mass is 9.87. The van der Waals surface area contributed by atoms with E-state index < -0.39 is 0 Å². The van der Waals surface area contributed by atoms with Crippen LogP contribution < -0.4 is 10.6 Å². The maximum Gasteiger partial charge on any atom is 0.191 e. The Bertz CT molecular complexity index is 479. The molecule has 0 aromatic carbocycles. The van der Waals surface area contributed by atoms with E-state index in [9.17, 15) is 0 Å². The summed E-state index contributed by atoms with van der Waals surface area (Å²) in [5, 5.41) is 11.0. The van der Waals surface area contributed by atoms with Crippen LogP contribution in [0.3, 0.4) is 0 Å². The minimum Gasteiger partial charge on any atom is -0.359 e. The highest BCUT2D eigenvalue weighted by Crippen LogP contribution is 2.23. The second-order valence-corrected chi connectivity index (χ2v) is 6.67. The van der Waals surface area contributed by atoms with Crippen molar-refractivity contribution in [1.29, 1.82) is 0 Å². The zero-order valence-electron chi connectivity index (χ0n) is 14.8. The van der Waals surface area contributed by atoms with Crippen molar-refractivity contribution in [2.75, 3.05) is 6.54 Å². The molecule has 0 saturated heterocycles. The molecule has 1 aliphatic carbocycles. The van der Waals surface area contributed by atoms with Crippen molar-refractivity contribution in [1.82, 2.24) is 15.8 Å². The van der Waals surface area contributed by atoms with E-state index in [1.807, 2.05) is 6.07 Å². The van der Waals surface area contributed by atoms with E-state index in [-0.39, 0.29) is 24.0 Å².